The zero-order valence-electron chi connectivity index (χ0n) is 15.5. The van der Waals surface area contributed by atoms with E-state index in [1.807, 2.05) is 0 Å². The number of rotatable bonds is 4. The molecule has 0 saturated carbocycles. The predicted octanol–water partition coefficient (Wildman–Crippen LogP) is 3.05. The molecule has 3 aromatic heterocycles. The quantitative estimate of drug-likeness (QED) is 0.700. The Kier molecular flexibility index (Phi) is 5.25. The molecule has 1 fully saturated rings. The van der Waals surface area contributed by atoms with E-state index in [-0.39, 0.29) is 29.3 Å². The molecular formula is C19H16F3N7O. The first-order valence-electron chi connectivity index (χ1n) is 9.08. The molecule has 1 amide bonds. The summed E-state index contributed by atoms with van der Waals surface area (Å²) in [6.45, 7) is 0.996. The monoisotopic (exact) mass is 415 g/mol. The van der Waals surface area contributed by atoms with E-state index in [1.165, 1.54) is 24.8 Å². The van der Waals surface area contributed by atoms with Crippen molar-refractivity contribution in [3.8, 4) is 0 Å². The summed E-state index contributed by atoms with van der Waals surface area (Å²) < 4.78 is 38.6. The third-order valence-corrected chi connectivity index (χ3v) is 4.68. The predicted molar refractivity (Wildman–Crippen MR) is 99.8 cm³/mol. The normalized spacial score (nSPS) is 16.5. The van der Waals surface area contributed by atoms with Gasteiger partial charge in [0.2, 0.25) is 5.95 Å². The number of aromatic nitrogens is 5. The highest BCUT2D eigenvalue weighted by Crippen LogP contribution is 2.31. The van der Waals surface area contributed by atoms with Gasteiger partial charge in [0, 0.05) is 43.8 Å². The average Bonchev–Trinajstić information content (AvgIpc) is 3.24. The molecule has 4 rings (SSSR count). The largest absolute Gasteiger partial charge is 0.416 e. The Morgan fingerprint density at radius 3 is 2.70 bits per heavy atom. The minimum atomic E-state index is -4.47. The Morgan fingerprint density at radius 2 is 1.93 bits per heavy atom. The van der Waals surface area contributed by atoms with E-state index in [2.05, 4.69) is 30.2 Å². The zero-order valence-corrected chi connectivity index (χ0v) is 15.5. The van der Waals surface area contributed by atoms with Gasteiger partial charge in [0.15, 0.2) is 0 Å². The van der Waals surface area contributed by atoms with Gasteiger partial charge >= 0.3 is 6.18 Å². The summed E-state index contributed by atoms with van der Waals surface area (Å²) in [5.74, 6) is -0.0966. The molecule has 1 saturated heterocycles. The van der Waals surface area contributed by atoms with Crippen molar-refractivity contribution in [2.24, 2.45) is 0 Å². The van der Waals surface area contributed by atoms with Gasteiger partial charge < -0.3 is 10.2 Å². The van der Waals surface area contributed by atoms with Crippen LogP contribution in [0.15, 0.2) is 49.2 Å². The molecule has 11 heteroatoms. The van der Waals surface area contributed by atoms with Gasteiger partial charge in [-0.3, -0.25) is 9.78 Å². The van der Waals surface area contributed by atoms with Crippen LogP contribution in [0.1, 0.15) is 34.1 Å². The third kappa shape index (κ3) is 4.34. The molecule has 0 unspecified atom stereocenters. The third-order valence-electron chi connectivity index (χ3n) is 4.68. The lowest BCUT2D eigenvalue weighted by molar-refractivity contribution is -0.137. The summed E-state index contributed by atoms with van der Waals surface area (Å²) in [7, 11) is 0. The lowest BCUT2D eigenvalue weighted by Gasteiger charge is -2.16. The van der Waals surface area contributed by atoms with Crippen LogP contribution in [0.4, 0.5) is 24.9 Å². The van der Waals surface area contributed by atoms with Gasteiger partial charge in [0.1, 0.15) is 11.5 Å². The number of alkyl halides is 3. The number of pyridine rings is 1. The maximum Gasteiger partial charge on any atom is 0.416 e. The second kappa shape index (κ2) is 8.01. The standard InChI is InChI=1S/C19H16F3N7O/c20-19(21,22)13-1-4-25-16(9-13)28-18-26-5-2-14(27-18)12-3-8-29(11-12)17(30)15-10-23-6-7-24-15/h1-2,4-7,9-10,12H,3,8,11H2,(H,25,26,27,28)/t12-/m0/s1. The minimum Gasteiger partial charge on any atom is -0.337 e. The topological polar surface area (TPSA) is 96.8 Å². The molecule has 1 atom stereocenters. The summed E-state index contributed by atoms with van der Waals surface area (Å²) in [6.07, 6.45) is 3.20. The van der Waals surface area contributed by atoms with Crippen LogP contribution in [-0.2, 0) is 6.18 Å². The fraction of sp³-hybridized carbons (Fsp3) is 0.263. The maximum absolute atomic E-state index is 12.9. The highest BCUT2D eigenvalue weighted by molar-refractivity contribution is 5.92. The molecule has 0 aromatic carbocycles. The molecule has 1 N–H and O–H groups in total. The molecule has 1 aliphatic rings. The van der Waals surface area contributed by atoms with Gasteiger partial charge in [0.05, 0.1) is 17.5 Å². The summed E-state index contributed by atoms with van der Waals surface area (Å²) in [5, 5.41) is 2.71. The van der Waals surface area contributed by atoms with Crippen LogP contribution >= 0.6 is 0 Å². The average molecular weight is 415 g/mol. The lowest BCUT2D eigenvalue weighted by atomic mass is 10.1. The van der Waals surface area contributed by atoms with Crippen LogP contribution in [0, 0.1) is 0 Å². The number of halogens is 3. The number of amides is 1. The Labute approximate surface area is 169 Å². The van der Waals surface area contributed by atoms with Gasteiger partial charge in [-0.05, 0) is 24.6 Å². The number of hydrogen-bond acceptors (Lipinski definition) is 7. The molecule has 4 heterocycles. The molecule has 30 heavy (non-hydrogen) atoms. The summed E-state index contributed by atoms with van der Waals surface area (Å²) in [5.41, 5.74) is 0.151. The van der Waals surface area contributed by atoms with E-state index < -0.39 is 11.7 Å². The highest BCUT2D eigenvalue weighted by Gasteiger charge is 2.31. The van der Waals surface area contributed by atoms with Crippen LogP contribution in [-0.4, -0.2) is 48.8 Å². The number of likely N-dealkylation sites (tertiary alicyclic amines) is 1. The van der Waals surface area contributed by atoms with E-state index in [0.29, 0.717) is 25.2 Å². The first-order valence-corrected chi connectivity index (χ1v) is 9.08. The van der Waals surface area contributed by atoms with Crippen molar-refractivity contribution in [2.75, 3.05) is 18.4 Å². The van der Waals surface area contributed by atoms with E-state index in [4.69, 9.17) is 0 Å². The van der Waals surface area contributed by atoms with Crippen LogP contribution in [0.25, 0.3) is 0 Å². The number of carbonyl (C=O) groups excluding carboxylic acids is 1. The lowest BCUT2D eigenvalue weighted by Crippen LogP contribution is -2.29. The van der Waals surface area contributed by atoms with Gasteiger partial charge in [-0.25, -0.2) is 19.9 Å². The van der Waals surface area contributed by atoms with Crippen molar-refractivity contribution in [3.05, 3.63) is 66.1 Å². The summed E-state index contributed by atoms with van der Waals surface area (Å²) >= 11 is 0. The second-order valence-corrected chi connectivity index (χ2v) is 6.69. The fourth-order valence-corrected chi connectivity index (χ4v) is 3.21. The first-order chi connectivity index (χ1) is 14.4. The molecule has 1 aliphatic heterocycles. The van der Waals surface area contributed by atoms with E-state index in [0.717, 1.165) is 18.3 Å². The minimum absolute atomic E-state index is 0.00662. The van der Waals surface area contributed by atoms with Gasteiger partial charge in [0.25, 0.3) is 5.91 Å². The van der Waals surface area contributed by atoms with Crippen LogP contribution in [0.3, 0.4) is 0 Å². The number of nitrogens with zero attached hydrogens (tertiary/aromatic N) is 6. The Bertz CT molecular complexity index is 1050. The highest BCUT2D eigenvalue weighted by atomic mass is 19.4. The maximum atomic E-state index is 12.9. The van der Waals surface area contributed by atoms with Crippen LogP contribution < -0.4 is 5.32 Å². The number of anilines is 2. The molecule has 0 bridgehead atoms. The van der Waals surface area contributed by atoms with Crippen molar-refractivity contribution in [3.63, 3.8) is 0 Å². The van der Waals surface area contributed by atoms with Crippen LogP contribution in [0.5, 0.6) is 0 Å². The zero-order chi connectivity index (χ0) is 21.1. The summed E-state index contributed by atoms with van der Waals surface area (Å²) in [4.78, 5) is 34.5. The SMILES string of the molecule is O=C(c1cnccn1)N1CC[C@H](c2ccnc(Nc3cc(C(F)(F)F)ccn3)n2)C1. The molecule has 0 spiro atoms. The van der Waals surface area contributed by atoms with E-state index in [1.54, 1.807) is 11.0 Å². The van der Waals surface area contributed by atoms with Crippen molar-refractivity contribution >= 4 is 17.7 Å². The van der Waals surface area contributed by atoms with Crippen molar-refractivity contribution in [2.45, 2.75) is 18.5 Å². The van der Waals surface area contributed by atoms with E-state index in [9.17, 15) is 18.0 Å². The number of carbonyl (C=O) groups is 1. The van der Waals surface area contributed by atoms with Crippen LogP contribution in [0.2, 0.25) is 0 Å². The first kappa shape index (κ1) is 19.7. The van der Waals surface area contributed by atoms with Gasteiger partial charge in [-0.1, -0.05) is 0 Å². The van der Waals surface area contributed by atoms with Crippen molar-refractivity contribution in [1.82, 2.24) is 29.8 Å². The second-order valence-electron chi connectivity index (χ2n) is 6.69. The molecule has 0 aliphatic carbocycles. The number of nitrogens with one attached hydrogen (secondary N) is 1. The van der Waals surface area contributed by atoms with Crippen molar-refractivity contribution < 1.29 is 18.0 Å². The van der Waals surface area contributed by atoms with E-state index >= 15 is 0 Å². The molecule has 154 valence electrons. The smallest absolute Gasteiger partial charge is 0.337 e. The summed E-state index contributed by atoms with van der Waals surface area (Å²) in [6, 6.07) is 3.52. The Balaban J connectivity index is 1.46. The Morgan fingerprint density at radius 1 is 1.10 bits per heavy atom. The number of hydrogen-bond donors (Lipinski definition) is 1. The fourth-order valence-electron chi connectivity index (χ4n) is 3.21. The van der Waals surface area contributed by atoms with Gasteiger partial charge in [-0.15, -0.1) is 0 Å². The van der Waals surface area contributed by atoms with Gasteiger partial charge in [-0.2, -0.15) is 13.2 Å². The molecular weight excluding hydrogens is 399 g/mol. The Hall–Kier alpha value is -3.63. The van der Waals surface area contributed by atoms with Crippen molar-refractivity contribution in [1.29, 1.82) is 0 Å². The molecule has 8 nitrogen and oxygen atoms in total. The molecule has 0 radical (unpaired) electrons. The molecule has 3 aromatic rings.